The summed E-state index contributed by atoms with van der Waals surface area (Å²) in [7, 11) is 0. The number of hydrogen-bond acceptors (Lipinski definition) is 2. The molecule has 0 bridgehead atoms. The van der Waals surface area contributed by atoms with E-state index in [0.29, 0.717) is 41.5 Å². The highest BCUT2D eigenvalue weighted by atomic mass is 35.5. The second-order valence-electron chi connectivity index (χ2n) is 6.27. The molecule has 0 unspecified atom stereocenters. The Morgan fingerprint density at radius 2 is 1.62 bits per heavy atom. The molecule has 2 N–H and O–H groups in total. The minimum absolute atomic E-state index is 0.301. The van der Waals surface area contributed by atoms with Crippen molar-refractivity contribution >= 4 is 40.7 Å². The smallest absolute Gasteiger partial charge is 0.240 e. The van der Waals surface area contributed by atoms with E-state index in [1.807, 2.05) is 0 Å². The molecule has 4 nitrogen and oxygen atoms in total. The van der Waals surface area contributed by atoms with Gasteiger partial charge in [-0.2, -0.15) is 0 Å². The average molecular weight is 395 g/mol. The molecule has 0 aliphatic heterocycles. The molecule has 0 heterocycles. The van der Waals surface area contributed by atoms with Gasteiger partial charge in [-0.25, -0.2) is 4.39 Å². The zero-order valence-corrected chi connectivity index (χ0v) is 15.3. The summed E-state index contributed by atoms with van der Waals surface area (Å²) in [5, 5.41) is 6.09. The molecule has 7 heteroatoms. The number of carbonyl (C=O) groups excluding carboxylic acids is 2. The number of halogens is 3. The van der Waals surface area contributed by atoms with Crippen molar-refractivity contribution in [3.05, 3.63) is 63.9 Å². The van der Waals surface area contributed by atoms with Gasteiger partial charge in [0.05, 0.1) is 15.7 Å². The standard InChI is InChI=1S/C19H17Cl2FN2O2/c20-14-2-1-3-15(21)16(14)24-18(26)19(9-10-19)17(25)23-11-8-12-4-6-13(22)7-5-12/h1-7H,8-11H2,(H,23,25)(H,24,26). The summed E-state index contributed by atoms with van der Waals surface area (Å²) in [6, 6.07) is 11.0. The van der Waals surface area contributed by atoms with Crippen molar-refractivity contribution in [2.24, 2.45) is 5.41 Å². The van der Waals surface area contributed by atoms with E-state index in [1.165, 1.54) is 12.1 Å². The molecule has 26 heavy (non-hydrogen) atoms. The van der Waals surface area contributed by atoms with Crippen LogP contribution in [0.2, 0.25) is 10.0 Å². The Kier molecular flexibility index (Phi) is 5.49. The maximum Gasteiger partial charge on any atom is 0.240 e. The van der Waals surface area contributed by atoms with Crippen LogP contribution in [0.4, 0.5) is 10.1 Å². The number of carbonyl (C=O) groups is 2. The quantitative estimate of drug-likeness (QED) is 0.720. The number of hydrogen-bond donors (Lipinski definition) is 2. The summed E-state index contributed by atoms with van der Waals surface area (Å²) in [6.07, 6.45) is 1.51. The van der Waals surface area contributed by atoms with Crippen molar-refractivity contribution in [3.8, 4) is 0 Å². The molecular weight excluding hydrogens is 378 g/mol. The minimum atomic E-state index is -1.08. The van der Waals surface area contributed by atoms with Crippen LogP contribution in [0, 0.1) is 11.2 Å². The van der Waals surface area contributed by atoms with Crippen molar-refractivity contribution < 1.29 is 14.0 Å². The lowest BCUT2D eigenvalue weighted by molar-refractivity contribution is -0.134. The lowest BCUT2D eigenvalue weighted by Crippen LogP contribution is -2.40. The summed E-state index contributed by atoms with van der Waals surface area (Å²) in [5.74, 6) is -1.03. The van der Waals surface area contributed by atoms with Crippen molar-refractivity contribution in [1.82, 2.24) is 5.32 Å². The van der Waals surface area contributed by atoms with E-state index in [2.05, 4.69) is 10.6 Å². The van der Waals surface area contributed by atoms with Gasteiger partial charge in [-0.3, -0.25) is 9.59 Å². The van der Waals surface area contributed by atoms with Crippen LogP contribution < -0.4 is 10.6 Å². The highest BCUT2D eigenvalue weighted by molar-refractivity contribution is 6.40. The Labute approximate surface area is 160 Å². The third-order valence-corrected chi connectivity index (χ3v) is 5.06. The van der Waals surface area contributed by atoms with E-state index in [0.717, 1.165) is 5.56 Å². The molecule has 1 fully saturated rings. The van der Waals surface area contributed by atoms with Gasteiger partial charge in [0.2, 0.25) is 11.8 Å². The second-order valence-corrected chi connectivity index (χ2v) is 7.08. The first-order valence-electron chi connectivity index (χ1n) is 8.20. The number of rotatable bonds is 6. The molecule has 0 saturated heterocycles. The molecule has 1 saturated carbocycles. The van der Waals surface area contributed by atoms with Crippen molar-refractivity contribution in [1.29, 1.82) is 0 Å². The van der Waals surface area contributed by atoms with E-state index >= 15 is 0 Å². The fourth-order valence-corrected chi connectivity index (χ4v) is 3.17. The molecule has 0 atom stereocenters. The summed E-state index contributed by atoms with van der Waals surface area (Å²) in [6.45, 7) is 0.367. The Morgan fingerprint density at radius 1 is 1.00 bits per heavy atom. The Hall–Kier alpha value is -2.11. The first-order chi connectivity index (χ1) is 12.4. The molecule has 2 aromatic rings. The predicted octanol–water partition coefficient (Wildman–Crippen LogP) is 4.21. The van der Waals surface area contributed by atoms with E-state index < -0.39 is 11.3 Å². The maximum absolute atomic E-state index is 12.9. The molecule has 2 amide bonds. The van der Waals surface area contributed by atoms with Crippen LogP contribution in [0.5, 0.6) is 0 Å². The Balaban J connectivity index is 1.58. The lowest BCUT2D eigenvalue weighted by atomic mass is 10.0. The van der Waals surface area contributed by atoms with Crippen LogP contribution in [0.1, 0.15) is 18.4 Å². The van der Waals surface area contributed by atoms with Gasteiger partial charge < -0.3 is 10.6 Å². The van der Waals surface area contributed by atoms with E-state index in [4.69, 9.17) is 23.2 Å². The summed E-state index contributed by atoms with van der Waals surface area (Å²) in [5.41, 5.74) is 0.140. The van der Waals surface area contributed by atoms with Crippen molar-refractivity contribution in [2.45, 2.75) is 19.3 Å². The molecule has 1 aliphatic carbocycles. The van der Waals surface area contributed by atoms with Gasteiger partial charge in [0.15, 0.2) is 0 Å². The third-order valence-electron chi connectivity index (χ3n) is 4.43. The molecule has 2 aromatic carbocycles. The number of para-hydroxylation sites is 1. The van der Waals surface area contributed by atoms with E-state index in [9.17, 15) is 14.0 Å². The van der Waals surface area contributed by atoms with Crippen molar-refractivity contribution in [2.75, 3.05) is 11.9 Å². The van der Waals surface area contributed by atoms with Crippen LogP contribution in [-0.4, -0.2) is 18.4 Å². The maximum atomic E-state index is 12.9. The van der Waals surface area contributed by atoms with Crippen LogP contribution in [0.25, 0.3) is 0 Å². The molecule has 3 rings (SSSR count). The molecular formula is C19H17Cl2FN2O2. The van der Waals surface area contributed by atoms with Gasteiger partial charge in [-0.1, -0.05) is 41.4 Å². The number of benzene rings is 2. The fourth-order valence-electron chi connectivity index (χ4n) is 2.67. The van der Waals surface area contributed by atoms with E-state index in [-0.39, 0.29) is 11.7 Å². The molecule has 0 radical (unpaired) electrons. The molecule has 136 valence electrons. The molecule has 0 aromatic heterocycles. The minimum Gasteiger partial charge on any atom is -0.355 e. The summed E-state index contributed by atoms with van der Waals surface area (Å²) in [4.78, 5) is 25.1. The predicted molar refractivity (Wildman–Crippen MR) is 99.9 cm³/mol. The molecule has 1 aliphatic rings. The Morgan fingerprint density at radius 3 is 2.19 bits per heavy atom. The normalized spacial score (nSPS) is 14.6. The van der Waals surface area contributed by atoms with Gasteiger partial charge in [0.25, 0.3) is 0 Å². The summed E-state index contributed by atoms with van der Waals surface area (Å²) >= 11 is 12.1. The average Bonchev–Trinajstić information content (AvgIpc) is 3.42. The van der Waals surface area contributed by atoms with Gasteiger partial charge in [0, 0.05) is 6.54 Å². The summed E-state index contributed by atoms with van der Waals surface area (Å²) < 4.78 is 12.9. The monoisotopic (exact) mass is 394 g/mol. The Bertz CT molecular complexity index is 816. The molecule has 0 spiro atoms. The van der Waals surface area contributed by atoms with Gasteiger partial charge in [0.1, 0.15) is 11.2 Å². The van der Waals surface area contributed by atoms with Gasteiger partial charge >= 0.3 is 0 Å². The first kappa shape index (κ1) is 18.7. The largest absolute Gasteiger partial charge is 0.355 e. The zero-order chi connectivity index (χ0) is 18.7. The van der Waals surface area contributed by atoms with Crippen LogP contribution in [0.15, 0.2) is 42.5 Å². The topological polar surface area (TPSA) is 58.2 Å². The highest BCUT2D eigenvalue weighted by Crippen LogP contribution is 2.47. The SMILES string of the molecule is O=C(NCCc1ccc(F)cc1)C1(C(=O)Nc2c(Cl)cccc2Cl)CC1. The third kappa shape index (κ3) is 4.00. The van der Waals surface area contributed by atoms with Crippen LogP contribution in [0.3, 0.4) is 0 Å². The number of nitrogens with one attached hydrogen (secondary N) is 2. The fraction of sp³-hybridized carbons (Fsp3) is 0.263. The van der Waals surface area contributed by atoms with Gasteiger partial charge in [-0.15, -0.1) is 0 Å². The van der Waals surface area contributed by atoms with Crippen molar-refractivity contribution in [3.63, 3.8) is 0 Å². The first-order valence-corrected chi connectivity index (χ1v) is 8.96. The second kappa shape index (κ2) is 7.64. The van der Waals surface area contributed by atoms with Gasteiger partial charge in [-0.05, 0) is 49.1 Å². The number of anilines is 1. The van der Waals surface area contributed by atoms with Crippen LogP contribution >= 0.6 is 23.2 Å². The highest BCUT2D eigenvalue weighted by Gasteiger charge is 2.56. The number of amides is 2. The van der Waals surface area contributed by atoms with E-state index in [1.54, 1.807) is 30.3 Å². The van der Waals surface area contributed by atoms with Crippen LogP contribution in [-0.2, 0) is 16.0 Å². The zero-order valence-electron chi connectivity index (χ0n) is 13.8. The lowest BCUT2D eigenvalue weighted by Gasteiger charge is -2.16.